The third-order valence-electron chi connectivity index (χ3n) is 10.3. The van der Waals surface area contributed by atoms with Crippen molar-refractivity contribution in [1.82, 2.24) is 0 Å². The second kappa shape index (κ2) is 28.7. The molecule has 279 valence electrons. The standard InChI is InChI=1S/C18H17ClO2.C17H15ClO2.B12.B11/c1-11-6-7-14(17(19)8-11)16-10-15(16)12-4-3-5-13(9-12)18(20)21-2;1-12-6-8-14(16(18)10-12)9-7-13-4-3-5-15(11-13)17(19)20-2;1-8(2)11(7)12(9(3)4)10(5)6;1-7-10(6)11(8(2)3)9(4)5/h3-9,15-16H,10H2,1-2H3;3-11H,1-2H3;;/b;9-7+;;. The predicted octanol–water partition coefficient (Wildman–Crippen LogP) is 0.553. The van der Waals surface area contributed by atoms with Crippen LogP contribution in [0, 0.1) is 13.8 Å². The molecular weight excluding hydrogens is 804 g/mol. The van der Waals surface area contributed by atoms with Crippen LogP contribution in [-0.4, -0.2) is 191 Å². The van der Waals surface area contributed by atoms with Gasteiger partial charge in [0.1, 0.15) is 0 Å². The number of rotatable bonds is 14. The first-order chi connectivity index (χ1) is 30.1. The smallest absolute Gasteiger partial charge is 0.337 e. The summed E-state index contributed by atoms with van der Waals surface area (Å²) in [5.41, 5.74) is 7.69. The molecule has 4 aromatic carbocycles. The Morgan fingerprint density at radius 1 is 0.609 bits per heavy atom. The molecule has 0 aliphatic heterocycles. The minimum absolute atomic E-state index is 0.289. The van der Waals surface area contributed by atoms with Gasteiger partial charge in [0.05, 0.1) is 25.3 Å². The van der Waals surface area contributed by atoms with E-state index in [0.717, 1.165) is 28.1 Å². The highest BCUT2D eigenvalue weighted by Gasteiger charge is 2.40. The lowest BCUT2D eigenvalue weighted by atomic mass is 8.53. The Balaban J connectivity index is 0.000000306. The first-order valence-corrected chi connectivity index (χ1v) is 21.0. The fourth-order valence-electron chi connectivity index (χ4n) is 6.62. The first-order valence-electron chi connectivity index (χ1n) is 20.3. The summed E-state index contributed by atoms with van der Waals surface area (Å²) < 4.78 is 9.48. The van der Waals surface area contributed by atoms with Gasteiger partial charge < -0.3 is 9.47 Å². The zero-order chi connectivity index (χ0) is 48.4. The molecule has 64 heavy (non-hydrogen) atoms. The van der Waals surface area contributed by atoms with Gasteiger partial charge in [-0.1, -0.05) is 83.9 Å². The summed E-state index contributed by atoms with van der Waals surface area (Å²) in [6, 6.07) is 27.1. The van der Waals surface area contributed by atoms with Gasteiger partial charge in [0.25, 0.3) is 0 Å². The summed E-state index contributed by atoms with van der Waals surface area (Å²) in [4.78, 5) is 23.1. The minimum Gasteiger partial charge on any atom is -0.465 e. The zero-order valence-corrected chi connectivity index (χ0v) is 38.3. The Hall–Kier alpha value is -2.37. The van der Waals surface area contributed by atoms with Gasteiger partial charge in [0, 0.05) is 175 Å². The Kier molecular flexibility index (Phi) is 25.9. The highest BCUT2D eigenvalue weighted by molar-refractivity contribution is 8.05. The molecule has 27 radical (unpaired) electrons. The molecule has 1 aliphatic rings. The normalized spacial score (nSPS) is 13.0. The maximum absolute atomic E-state index is 11.6. The van der Waals surface area contributed by atoms with Crippen LogP contribution >= 0.6 is 23.2 Å². The Morgan fingerprint density at radius 2 is 1.11 bits per heavy atom. The summed E-state index contributed by atoms with van der Waals surface area (Å²) in [5.74, 6) is 0.261. The lowest BCUT2D eigenvalue weighted by molar-refractivity contribution is 0.0592. The highest BCUT2D eigenvalue weighted by atomic mass is 35.5. The molecule has 1 aliphatic carbocycles. The average molecular weight is 836 g/mol. The van der Waals surface area contributed by atoms with Crippen molar-refractivity contribution < 1.29 is 19.1 Å². The van der Waals surface area contributed by atoms with Gasteiger partial charge in [0.15, 0.2) is 0 Å². The molecule has 0 aromatic heterocycles. The van der Waals surface area contributed by atoms with Crippen molar-refractivity contribution in [3.8, 4) is 0 Å². The third-order valence-corrected chi connectivity index (χ3v) is 11.0. The number of carbonyl (C=O) groups excluding carboxylic acids is 2. The number of hydrogen-bond acceptors (Lipinski definition) is 4. The van der Waals surface area contributed by atoms with Crippen LogP contribution in [0.4, 0.5) is 0 Å². The van der Waals surface area contributed by atoms with E-state index in [4.69, 9.17) is 133 Å². The molecule has 29 heteroatoms. The predicted molar refractivity (Wildman–Crippen MR) is 299 cm³/mol. The molecule has 0 bridgehead atoms. The quantitative estimate of drug-likeness (QED) is 0.106. The van der Waals surface area contributed by atoms with Gasteiger partial charge in [-0.15, -0.1) is 0 Å². The van der Waals surface area contributed by atoms with Crippen molar-refractivity contribution in [2.24, 2.45) is 0 Å². The van der Waals surface area contributed by atoms with Crippen molar-refractivity contribution in [3.05, 3.63) is 139 Å². The minimum atomic E-state index is -0.723. The van der Waals surface area contributed by atoms with Crippen molar-refractivity contribution in [3.63, 3.8) is 0 Å². The topological polar surface area (TPSA) is 52.6 Å². The first kappa shape index (κ1) is 57.8. The number of halogens is 2. The third kappa shape index (κ3) is 18.7. The number of aryl methyl sites for hydroxylation is 2. The van der Waals surface area contributed by atoms with Crippen LogP contribution in [0.25, 0.3) is 12.2 Å². The molecule has 0 N–H and O–H groups in total. The van der Waals surface area contributed by atoms with Crippen LogP contribution in [0.5, 0.6) is 0 Å². The molecule has 1 saturated carbocycles. The number of carbonyl (C=O) groups is 2. The van der Waals surface area contributed by atoms with E-state index in [0.29, 0.717) is 28.0 Å². The van der Waals surface area contributed by atoms with Gasteiger partial charge in [-0.3, -0.25) is 0 Å². The lowest BCUT2D eigenvalue weighted by Crippen LogP contribution is -2.67. The van der Waals surface area contributed by atoms with Crippen molar-refractivity contribution in [2.75, 3.05) is 14.2 Å². The van der Waals surface area contributed by atoms with E-state index in [2.05, 4.69) is 18.2 Å². The van der Waals surface area contributed by atoms with E-state index >= 15 is 0 Å². The molecule has 0 amide bonds. The van der Waals surface area contributed by atoms with Crippen LogP contribution in [-0.2, 0) is 9.47 Å². The molecule has 1 fully saturated rings. The average Bonchev–Trinajstić information content (AvgIpc) is 4.04. The van der Waals surface area contributed by atoms with E-state index in [9.17, 15) is 9.59 Å². The summed E-state index contributed by atoms with van der Waals surface area (Å²) in [6.45, 7) is 4.04. The molecule has 0 heterocycles. The summed E-state index contributed by atoms with van der Waals surface area (Å²) in [5, 5.41) is 1.55. The van der Waals surface area contributed by atoms with Gasteiger partial charge in [-0.2, -0.15) is 0 Å². The fourth-order valence-corrected chi connectivity index (χ4v) is 7.29. The van der Waals surface area contributed by atoms with Crippen molar-refractivity contribution in [1.29, 1.82) is 0 Å². The van der Waals surface area contributed by atoms with Crippen LogP contribution in [0.2, 0.25) is 10.0 Å². The Morgan fingerprint density at radius 3 is 1.55 bits per heavy atom. The molecule has 2 atom stereocenters. The molecule has 0 spiro atoms. The molecule has 4 aromatic rings. The molecule has 4 nitrogen and oxygen atoms in total. The van der Waals surface area contributed by atoms with Gasteiger partial charge in [-0.05, 0) is 102 Å². The molecule has 0 saturated heterocycles. The van der Waals surface area contributed by atoms with Crippen LogP contribution in [0.1, 0.15) is 72.4 Å². The number of ether oxygens (including phenoxy) is 2. The molecular formula is C35H32B23Cl2O4. The van der Waals surface area contributed by atoms with Gasteiger partial charge in [-0.25, -0.2) is 9.59 Å². The Bertz CT molecular complexity index is 2100. The van der Waals surface area contributed by atoms with Crippen LogP contribution < -0.4 is 0 Å². The SMILES string of the molecule is COC(=O)c1cccc(/C=C/c2ccc(C)cc2Cl)c1.COC(=O)c1cccc(C2CC2c2ccc(C)cc2Cl)c1.[B]B([B])B([B])B(B([B])[B])B([B])[B].[B][B]B([B])B(B([B])[B])B([B])[B]. The molecule has 2 unspecified atom stereocenters. The van der Waals surface area contributed by atoms with E-state index in [1.54, 1.807) is 18.2 Å². The number of hydrogen-bond donors (Lipinski definition) is 0. The van der Waals surface area contributed by atoms with Gasteiger partial charge >= 0.3 is 11.9 Å². The van der Waals surface area contributed by atoms with E-state index in [-0.39, 0.29) is 18.3 Å². The lowest BCUT2D eigenvalue weighted by Gasteiger charge is -2.29. The van der Waals surface area contributed by atoms with Crippen molar-refractivity contribution >= 4 is 212 Å². The maximum atomic E-state index is 11.6. The van der Waals surface area contributed by atoms with Gasteiger partial charge in [0.2, 0.25) is 0 Å². The second-order valence-corrected chi connectivity index (χ2v) is 16.3. The monoisotopic (exact) mass is 839 g/mol. The fraction of sp³-hybridized carbons (Fsp3) is 0.200. The second-order valence-electron chi connectivity index (χ2n) is 15.5. The van der Waals surface area contributed by atoms with Crippen molar-refractivity contribution in [2.45, 2.75) is 32.1 Å². The maximum Gasteiger partial charge on any atom is 0.337 e. The number of esters is 2. The highest BCUT2D eigenvalue weighted by Crippen LogP contribution is 2.56. The van der Waals surface area contributed by atoms with E-state index in [1.165, 1.54) is 38.0 Å². The van der Waals surface area contributed by atoms with Crippen LogP contribution in [0.15, 0.2) is 84.9 Å². The summed E-state index contributed by atoms with van der Waals surface area (Å²) in [7, 11) is 74.1. The number of methoxy groups -OCH3 is 2. The largest absolute Gasteiger partial charge is 0.465 e. The zero-order valence-electron chi connectivity index (χ0n) is 36.8. The summed E-state index contributed by atoms with van der Waals surface area (Å²) in [6.07, 6.45) is -0.447. The number of benzene rings is 4. The van der Waals surface area contributed by atoms with Crippen LogP contribution in [0.3, 0.4) is 0 Å². The van der Waals surface area contributed by atoms with E-state index in [1.807, 2.05) is 74.5 Å². The summed E-state index contributed by atoms with van der Waals surface area (Å²) >= 11 is 12.5. The Labute approximate surface area is 414 Å². The molecule has 5 rings (SSSR count). The van der Waals surface area contributed by atoms with E-state index < -0.39 is 51.1 Å².